The Morgan fingerprint density at radius 2 is 2.05 bits per heavy atom. The highest BCUT2D eigenvalue weighted by Gasteiger charge is 2.26. The van der Waals surface area contributed by atoms with Crippen LogP contribution in [0, 0.1) is 5.41 Å². The minimum atomic E-state index is -0.618. The van der Waals surface area contributed by atoms with Crippen LogP contribution in [0.2, 0.25) is 0 Å². The van der Waals surface area contributed by atoms with Crippen LogP contribution in [0.1, 0.15) is 19.7 Å². The number of benzene rings is 1. The van der Waals surface area contributed by atoms with Gasteiger partial charge in [0.05, 0.1) is 17.6 Å². The number of carbonyl (C=O) groups excluding carboxylic acids is 1. The molecule has 1 aromatic heterocycles. The van der Waals surface area contributed by atoms with Crippen LogP contribution in [0.25, 0.3) is 5.69 Å². The highest BCUT2D eigenvalue weighted by molar-refractivity contribution is 6.19. The zero-order chi connectivity index (χ0) is 14.6. The summed E-state index contributed by atoms with van der Waals surface area (Å²) >= 11 is 5.77. The van der Waals surface area contributed by atoms with Crippen molar-refractivity contribution in [2.45, 2.75) is 20.4 Å². The van der Waals surface area contributed by atoms with E-state index in [1.54, 1.807) is 18.5 Å². The van der Waals surface area contributed by atoms with E-state index in [1.165, 1.54) is 0 Å². The molecule has 0 saturated heterocycles. The highest BCUT2D eigenvalue weighted by Crippen LogP contribution is 2.17. The molecule has 0 fully saturated rings. The van der Waals surface area contributed by atoms with E-state index in [9.17, 15) is 4.79 Å². The van der Waals surface area contributed by atoms with Crippen LogP contribution in [0.4, 0.5) is 0 Å². The normalized spacial score (nSPS) is 11.3. The first-order chi connectivity index (χ1) is 9.54. The summed E-state index contributed by atoms with van der Waals surface area (Å²) in [5.41, 5.74) is 0.227. The van der Waals surface area contributed by atoms with Crippen LogP contribution in [0.15, 0.2) is 30.3 Å². The Labute approximate surface area is 122 Å². The molecule has 0 aliphatic rings. The number of aromatic nitrogens is 4. The predicted molar refractivity (Wildman–Crippen MR) is 75.5 cm³/mol. The maximum atomic E-state index is 12.0. The number of carbonyl (C=O) groups is 1. The van der Waals surface area contributed by atoms with Gasteiger partial charge < -0.3 is 5.32 Å². The third kappa shape index (κ3) is 3.14. The third-order valence-corrected chi connectivity index (χ3v) is 3.56. The molecule has 2 rings (SSSR count). The lowest BCUT2D eigenvalue weighted by Gasteiger charge is -2.19. The molecular formula is C13H16ClN5O. The van der Waals surface area contributed by atoms with E-state index in [2.05, 4.69) is 20.8 Å². The number of hydrogen-bond donors (Lipinski definition) is 1. The Kier molecular flexibility index (Phi) is 4.34. The van der Waals surface area contributed by atoms with Crippen molar-refractivity contribution in [2.75, 3.05) is 5.88 Å². The van der Waals surface area contributed by atoms with E-state index in [-0.39, 0.29) is 18.3 Å². The Bertz CT molecular complexity index is 581. The fourth-order valence-electron chi connectivity index (χ4n) is 1.55. The number of para-hydroxylation sites is 1. The first-order valence-corrected chi connectivity index (χ1v) is 6.75. The maximum absolute atomic E-state index is 12.0. The van der Waals surface area contributed by atoms with E-state index >= 15 is 0 Å². The number of alkyl halides is 1. The average molecular weight is 294 g/mol. The van der Waals surface area contributed by atoms with Gasteiger partial charge in [0.25, 0.3) is 0 Å². The van der Waals surface area contributed by atoms with Crippen molar-refractivity contribution in [1.29, 1.82) is 0 Å². The summed E-state index contributed by atoms with van der Waals surface area (Å²) in [6, 6.07) is 9.50. The van der Waals surface area contributed by atoms with Gasteiger partial charge in [0.1, 0.15) is 0 Å². The number of nitrogens with one attached hydrogen (secondary N) is 1. The molecule has 20 heavy (non-hydrogen) atoms. The van der Waals surface area contributed by atoms with E-state index in [0.717, 1.165) is 5.69 Å². The molecule has 0 bridgehead atoms. The topological polar surface area (TPSA) is 72.7 Å². The average Bonchev–Trinajstić information content (AvgIpc) is 2.94. The monoisotopic (exact) mass is 293 g/mol. The first kappa shape index (κ1) is 14.5. The molecule has 1 heterocycles. The van der Waals surface area contributed by atoms with Crippen molar-refractivity contribution in [2.24, 2.45) is 5.41 Å². The van der Waals surface area contributed by atoms with Gasteiger partial charge in [-0.05, 0) is 36.4 Å². The Hall–Kier alpha value is -1.95. The Morgan fingerprint density at radius 1 is 1.35 bits per heavy atom. The van der Waals surface area contributed by atoms with Crippen molar-refractivity contribution >= 4 is 17.5 Å². The number of tetrazole rings is 1. The highest BCUT2D eigenvalue weighted by atomic mass is 35.5. The van der Waals surface area contributed by atoms with Gasteiger partial charge in [-0.15, -0.1) is 16.7 Å². The van der Waals surface area contributed by atoms with Gasteiger partial charge in [0, 0.05) is 5.88 Å². The van der Waals surface area contributed by atoms with E-state index in [0.29, 0.717) is 5.82 Å². The van der Waals surface area contributed by atoms with Gasteiger partial charge >= 0.3 is 0 Å². The van der Waals surface area contributed by atoms with Crippen LogP contribution in [-0.2, 0) is 11.3 Å². The van der Waals surface area contributed by atoms with Gasteiger partial charge in [0.2, 0.25) is 5.91 Å². The van der Waals surface area contributed by atoms with Gasteiger partial charge in [-0.25, -0.2) is 0 Å². The number of rotatable bonds is 5. The van der Waals surface area contributed by atoms with Crippen molar-refractivity contribution < 1.29 is 4.79 Å². The third-order valence-electron chi connectivity index (χ3n) is 2.89. The molecule has 0 saturated carbocycles. The van der Waals surface area contributed by atoms with Crippen LogP contribution >= 0.6 is 11.6 Å². The smallest absolute Gasteiger partial charge is 0.227 e. The van der Waals surface area contributed by atoms with E-state index < -0.39 is 5.41 Å². The summed E-state index contributed by atoms with van der Waals surface area (Å²) in [5.74, 6) is 0.688. The summed E-state index contributed by atoms with van der Waals surface area (Å²) < 4.78 is 1.59. The lowest BCUT2D eigenvalue weighted by molar-refractivity contribution is -0.128. The molecule has 1 N–H and O–H groups in total. The van der Waals surface area contributed by atoms with Crippen molar-refractivity contribution in [3.05, 3.63) is 36.2 Å². The molecule has 6 nitrogen and oxygen atoms in total. The van der Waals surface area contributed by atoms with E-state index in [1.807, 2.05) is 30.3 Å². The molecule has 0 aliphatic heterocycles. The number of halogens is 1. The maximum Gasteiger partial charge on any atom is 0.227 e. The molecule has 2 aromatic rings. The standard InChI is InChI=1S/C13H16ClN5O/c1-13(2,9-14)12(20)15-8-11-16-17-18-19(11)10-6-4-3-5-7-10/h3-7H,8-9H2,1-2H3,(H,15,20). The van der Waals surface area contributed by atoms with Gasteiger partial charge in [-0.1, -0.05) is 18.2 Å². The molecule has 7 heteroatoms. The van der Waals surface area contributed by atoms with E-state index in [4.69, 9.17) is 11.6 Å². The molecule has 0 atom stereocenters. The van der Waals surface area contributed by atoms with Gasteiger partial charge in [-0.2, -0.15) is 4.68 Å². The minimum Gasteiger partial charge on any atom is -0.348 e. The lowest BCUT2D eigenvalue weighted by atomic mass is 9.95. The van der Waals surface area contributed by atoms with Crippen LogP contribution < -0.4 is 5.32 Å². The lowest BCUT2D eigenvalue weighted by Crippen LogP contribution is -2.38. The molecular weight excluding hydrogens is 278 g/mol. The fraction of sp³-hybridized carbons (Fsp3) is 0.385. The molecule has 0 unspecified atom stereocenters. The fourth-order valence-corrected chi connectivity index (χ4v) is 1.67. The Balaban J connectivity index is 2.09. The molecule has 1 amide bonds. The molecule has 0 aliphatic carbocycles. The number of nitrogens with zero attached hydrogens (tertiary/aromatic N) is 4. The quantitative estimate of drug-likeness (QED) is 0.849. The molecule has 0 spiro atoms. The SMILES string of the molecule is CC(C)(CCl)C(=O)NCc1nnnn1-c1ccccc1. The zero-order valence-corrected chi connectivity index (χ0v) is 12.1. The summed E-state index contributed by atoms with van der Waals surface area (Å²) in [6.45, 7) is 3.83. The summed E-state index contributed by atoms with van der Waals surface area (Å²) in [7, 11) is 0. The minimum absolute atomic E-state index is 0.130. The Morgan fingerprint density at radius 3 is 2.70 bits per heavy atom. The summed E-state index contributed by atoms with van der Waals surface area (Å²) in [6.07, 6.45) is 0. The second-order valence-electron chi connectivity index (χ2n) is 5.04. The molecule has 0 radical (unpaired) electrons. The van der Waals surface area contributed by atoms with Gasteiger partial charge in [-0.3, -0.25) is 4.79 Å². The number of hydrogen-bond acceptors (Lipinski definition) is 4. The van der Waals surface area contributed by atoms with Crippen molar-refractivity contribution in [3.63, 3.8) is 0 Å². The molecule has 1 aromatic carbocycles. The largest absolute Gasteiger partial charge is 0.348 e. The summed E-state index contributed by atoms with van der Waals surface area (Å²) in [4.78, 5) is 12.0. The van der Waals surface area contributed by atoms with Crippen molar-refractivity contribution in [1.82, 2.24) is 25.5 Å². The zero-order valence-electron chi connectivity index (χ0n) is 11.4. The predicted octanol–water partition coefficient (Wildman–Crippen LogP) is 1.54. The summed E-state index contributed by atoms with van der Waals surface area (Å²) in [5, 5.41) is 14.3. The van der Waals surface area contributed by atoms with Gasteiger partial charge in [0.15, 0.2) is 5.82 Å². The number of amides is 1. The van der Waals surface area contributed by atoms with Crippen molar-refractivity contribution in [3.8, 4) is 5.69 Å². The van der Waals surface area contributed by atoms with Crippen LogP contribution in [-0.4, -0.2) is 32.0 Å². The van der Waals surface area contributed by atoms with Crippen LogP contribution in [0.3, 0.4) is 0 Å². The second kappa shape index (κ2) is 6.00. The second-order valence-corrected chi connectivity index (χ2v) is 5.31. The molecule has 106 valence electrons. The van der Waals surface area contributed by atoms with Crippen LogP contribution in [0.5, 0.6) is 0 Å². The first-order valence-electron chi connectivity index (χ1n) is 6.21.